The van der Waals surface area contributed by atoms with Gasteiger partial charge in [0.1, 0.15) is 11.8 Å². The predicted molar refractivity (Wildman–Crippen MR) is 210 cm³/mol. The third-order valence-corrected chi connectivity index (χ3v) is 14.5. The number of fused-ring (bicyclic) bond motifs is 5. The van der Waals surface area contributed by atoms with Crippen LogP contribution in [0.1, 0.15) is 122 Å². The summed E-state index contributed by atoms with van der Waals surface area (Å²) in [4.78, 5) is 25.5. The molecule has 7 N–H and O–H groups in total. The van der Waals surface area contributed by atoms with Crippen LogP contribution in [0.5, 0.6) is 5.75 Å². The number of unbranched alkanes of at least 4 members (excludes halogenated alkanes) is 1. The first-order valence-electron chi connectivity index (χ1n) is 21.2. The molecule has 9 unspecified atom stereocenters. The number of carbonyl (C=O) groups is 2. The topological polar surface area (TPSA) is 138 Å². The highest BCUT2D eigenvalue weighted by molar-refractivity contribution is 5.84. The number of ether oxygens (including phenoxy) is 1. The van der Waals surface area contributed by atoms with Gasteiger partial charge in [0.2, 0.25) is 5.91 Å². The maximum Gasteiger partial charge on any atom is 0.328 e. The number of hydrogen-bond donors (Lipinski definition) is 6. The Bertz CT molecular complexity index is 1250. The van der Waals surface area contributed by atoms with E-state index in [9.17, 15) is 14.7 Å². The first-order chi connectivity index (χ1) is 25.2. The Hall–Kier alpha value is -2.20. The summed E-state index contributed by atoms with van der Waals surface area (Å²) in [5.74, 6) is 3.76. The van der Waals surface area contributed by atoms with Crippen LogP contribution >= 0.6 is 0 Å². The molecule has 9 heteroatoms. The largest absolute Gasteiger partial charge is 0.508 e. The number of hydrogen-bond acceptors (Lipinski definition) is 8. The number of carbonyl (C=O) groups excluding carboxylic acids is 2. The predicted octanol–water partition coefficient (Wildman–Crippen LogP) is 6.08. The molecule has 1 aromatic carbocycles. The van der Waals surface area contributed by atoms with Gasteiger partial charge < -0.3 is 36.8 Å². The minimum Gasteiger partial charge on any atom is -0.508 e. The number of nitrogens with two attached hydrogens (primary N) is 1. The van der Waals surface area contributed by atoms with Crippen molar-refractivity contribution in [1.29, 1.82) is 0 Å². The molecule has 0 aromatic heterocycles. The Morgan fingerprint density at radius 1 is 0.846 bits per heavy atom. The van der Waals surface area contributed by atoms with E-state index < -0.39 is 12.0 Å². The highest BCUT2D eigenvalue weighted by Gasteiger charge is 2.59. The van der Waals surface area contributed by atoms with Gasteiger partial charge in [-0.15, -0.1) is 0 Å². The van der Waals surface area contributed by atoms with Crippen molar-refractivity contribution in [1.82, 2.24) is 21.3 Å². The Morgan fingerprint density at radius 3 is 2.27 bits per heavy atom. The van der Waals surface area contributed by atoms with Crippen molar-refractivity contribution in [2.24, 2.45) is 46.2 Å². The van der Waals surface area contributed by atoms with Crippen LogP contribution in [-0.2, 0) is 20.7 Å². The molecule has 4 fully saturated rings. The van der Waals surface area contributed by atoms with Gasteiger partial charge in [0.05, 0.1) is 7.11 Å². The summed E-state index contributed by atoms with van der Waals surface area (Å²) < 4.78 is 4.99. The summed E-state index contributed by atoms with van der Waals surface area (Å²) in [6.45, 7) is 11.5. The van der Waals surface area contributed by atoms with Crippen LogP contribution in [0.15, 0.2) is 24.3 Å². The van der Waals surface area contributed by atoms with E-state index in [4.69, 9.17) is 10.5 Å². The number of phenolic OH excluding ortho intramolecular Hbond substituents is 1. The maximum absolute atomic E-state index is 13.0. The zero-order valence-corrected chi connectivity index (χ0v) is 32.9. The van der Waals surface area contributed by atoms with Gasteiger partial charge in [0.15, 0.2) is 0 Å². The number of methoxy groups -OCH3 is 1. The lowest BCUT2D eigenvalue weighted by Crippen LogP contribution is -2.55. The molecule has 1 amide bonds. The van der Waals surface area contributed by atoms with E-state index in [1.165, 1.54) is 84.2 Å². The Labute approximate surface area is 315 Å². The lowest BCUT2D eigenvalue weighted by molar-refractivity contribution is -0.145. The van der Waals surface area contributed by atoms with Gasteiger partial charge in [0, 0.05) is 18.9 Å². The van der Waals surface area contributed by atoms with E-state index in [-0.39, 0.29) is 11.7 Å². The molecule has 294 valence electrons. The molecular formula is C43H73N5O4. The van der Waals surface area contributed by atoms with E-state index in [1.807, 2.05) is 0 Å². The fourth-order valence-electron chi connectivity index (χ4n) is 11.5. The van der Waals surface area contributed by atoms with Crippen molar-refractivity contribution in [2.45, 2.75) is 135 Å². The van der Waals surface area contributed by atoms with Gasteiger partial charge in [0.25, 0.3) is 0 Å². The number of phenols is 1. The van der Waals surface area contributed by atoms with Gasteiger partial charge in [-0.25, -0.2) is 4.79 Å². The van der Waals surface area contributed by atoms with Crippen LogP contribution in [0, 0.1) is 40.4 Å². The average molecular weight is 724 g/mol. The third kappa shape index (κ3) is 10.5. The third-order valence-electron chi connectivity index (χ3n) is 14.5. The lowest BCUT2D eigenvalue weighted by Gasteiger charge is -2.61. The second-order valence-corrected chi connectivity index (χ2v) is 17.5. The van der Waals surface area contributed by atoms with E-state index in [0.29, 0.717) is 35.6 Å². The quantitative estimate of drug-likeness (QED) is 0.0664. The van der Waals surface area contributed by atoms with Crippen molar-refractivity contribution in [3.05, 3.63) is 29.8 Å². The van der Waals surface area contributed by atoms with E-state index in [2.05, 4.69) is 35.1 Å². The number of rotatable bonds is 21. The van der Waals surface area contributed by atoms with Gasteiger partial charge in [-0.3, -0.25) is 4.79 Å². The first-order valence-corrected chi connectivity index (χ1v) is 21.2. The van der Waals surface area contributed by atoms with Crippen LogP contribution in [0.2, 0.25) is 0 Å². The molecular weight excluding hydrogens is 651 g/mol. The standard InChI is InChI=1S/C43H73N5O4/c1-42-22-20-38-36(17-13-33-30-34(19-21-43(33,38)2)47-28-8-27-46-25-5-4-24-45-26-7-23-44)37(42)18-14-32(42)9-6-10-40(50)48-39(41(51)52-3)29-31-11-15-35(49)16-12-31/h11-12,15-16,32-34,36-39,45-47,49H,4-10,13-14,17-30,44H2,1-3H3,(H,48,50). The van der Waals surface area contributed by atoms with Crippen molar-refractivity contribution in [2.75, 3.05) is 46.4 Å². The smallest absolute Gasteiger partial charge is 0.328 e. The second-order valence-electron chi connectivity index (χ2n) is 17.5. The monoisotopic (exact) mass is 724 g/mol. The van der Waals surface area contributed by atoms with Gasteiger partial charge >= 0.3 is 5.97 Å². The van der Waals surface area contributed by atoms with Gasteiger partial charge in [-0.2, -0.15) is 0 Å². The lowest BCUT2D eigenvalue weighted by atomic mass is 9.44. The van der Waals surface area contributed by atoms with Crippen molar-refractivity contribution in [3.63, 3.8) is 0 Å². The molecule has 1 aromatic rings. The molecule has 0 spiro atoms. The Kier molecular flexibility index (Phi) is 15.7. The van der Waals surface area contributed by atoms with Crippen LogP contribution in [-0.4, -0.2) is 75.4 Å². The van der Waals surface area contributed by atoms with Crippen molar-refractivity contribution >= 4 is 11.9 Å². The normalized spacial score (nSPS) is 31.6. The molecule has 0 aliphatic heterocycles. The second kappa shape index (κ2) is 19.9. The number of nitrogens with one attached hydrogen (secondary N) is 4. The highest BCUT2D eigenvalue weighted by atomic mass is 16.5. The summed E-state index contributed by atoms with van der Waals surface area (Å²) in [7, 11) is 1.36. The van der Waals surface area contributed by atoms with E-state index >= 15 is 0 Å². The molecule has 52 heavy (non-hydrogen) atoms. The average Bonchev–Trinajstić information content (AvgIpc) is 3.48. The van der Waals surface area contributed by atoms with Crippen molar-refractivity contribution < 1.29 is 19.4 Å². The molecule has 9 atom stereocenters. The number of aromatic hydroxyl groups is 1. The molecule has 9 nitrogen and oxygen atoms in total. The molecule has 0 saturated heterocycles. The molecule has 0 radical (unpaired) electrons. The SMILES string of the molecule is COC(=O)C(Cc1ccc(O)cc1)NC(=O)CCCC1CCC2C3CCC4CC(NCCCNCCCCNCCCN)CCC4(C)C3CCC12C. The summed E-state index contributed by atoms with van der Waals surface area (Å²) in [6, 6.07) is 6.70. The van der Waals surface area contributed by atoms with Crippen LogP contribution in [0.3, 0.4) is 0 Å². The molecule has 5 rings (SSSR count). The van der Waals surface area contributed by atoms with Crippen LogP contribution in [0.25, 0.3) is 0 Å². The Morgan fingerprint density at radius 2 is 1.54 bits per heavy atom. The van der Waals surface area contributed by atoms with Crippen LogP contribution < -0.4 is 27.0 Å². The minimum absolute atomic E-state index is 0.0839. The Balaban J connectivity index is 1.01. The van der Waals surface area contributed by atoms with E-state index in [1.54, 1.807) is 24.3 Å². The fourth-order valence-corrected chi connectivity index (χ4v) is 11.5. The first kappa shape index (κ1) is 41.0. The minimum atomic E-state index is -0.726. The van der Waals surface area contributed by atoms with Crippen molar-refractivity contribution in [3.8, 4) is 5.75 Å². The maximum atomic E-state index is 13.0. The zero-order valence-electron chi connectivity index (χ0n) is 32.9. The van der Waals surface area contributed by atoms with Gasteiger partial charge in [-0.1, -0.05) is 26.0 Å². The number of amides is 1. The molecule has 0 heterocycles. The fraction of sp³-hybridized carbons (Fsp3) is 0.814. The van der Waals surface area contributed by atoms with Crippen LogP contribution in [0.4, 0.5) is 0 Å². The summed E-state index contributed by atoms with van der Waals surface area (Å²) in [5.41, 5.74) is 7.30. The molecule has 4 aliphatic rings. The summed E-state index contributed by atoms with van der Waals surface area (Å²) in [6.07, 6.45) is 19.7. The number of benzene rings is 1. The summed E-state index contributed by atoms with van der Waals surface area (Å²) in [5, 5.41) is 23.6. The number of esters is 1. The van der Waals surface area contributed by atoms with Gasteiger partial charge in [-0.05, 0) is 194 Å². The molecule has 4 aliphatic carbocycles. The highest BCUT2D eigenvalue weighted by Crippen LogP contribution is 2.67. The zero-order chi connectivity index (χ0) is 37.0. The molecule has 0 bridgehead atoms. The summed E-state index contributed by atoms with van der Waals surface area (Å²) >= 11 is 0. The van der Waals surface area contributed by atoms with E-state index in [0.717, 1.165) is 87.8 Å². The molecule has 4 saturated carbocycles.